The number of amides is 2. The van der Waals surface area contributed by atoms with E-state index < -0.39 is 0 Å². The Hall–Kier alpha value is -1.71. The number of hydrogen-bond donors (Lipinski definition) is 3. The van der Waals surface area contributed by atoms with E-state index >= 15 is 0 Å². The molecule has 0 saturated heterocycles. The van der Waals surface area contributed by atoms with E-state index in [1.165, 1.54) is 25.7 Å². The molecule has 0 atom stereocenters. The minimum Gasteiger partial charge on any atom is -0.506 e. The molecule has 1 aromatic carbocycles. The highest BCUT2D eigenvalue weighted by molar-refractivity contribution is 5.90. The maximum atomic E-state index is 11.6. The first kappa shape index (κ1) is 15.3. The lowest BCUT2D eigenvalue weighted by molar-refractivity contribution is 0.251. The van der Waals surface area contributed by atoms with Crippen LogP contribution in [0.15, 0.2) is 24.3 Å². The fourth-order valence-corrected chi connectivity index (χ4v) is 1.85. The summed E-state index contributed by atoms with van der Waals surface area (Å²) in [5.74, 6) is 0.0808. The molecule has 3 N–H and O–H groups in total. The summed E-state index contributed by atoms with van der Waals surface area (Å²) >= 11 is 0. The zero-order chi connectivity index (χ0) is 13.9. The number of hydrogen-bond acceptors (Lipinski definition) is 2. The zero-order valence-electron chi connectivity index (χ0n) is 11.6. The van der Waals surface area contributed by atoms with E-state index in [0.717, 1.165) is 12.8 Å². The molecule has 0 aliphatic carbocycles. The van der Waals surface area contributed by atoms with Gasteiger partial charge in [0.05, 0.1) is 5.69 Å². The van der Waals surface area contributed by atoms with Crippen molar-refractivity contribution in [1.29, 1.82) is 0 Å². The lowest BCUT2D eigenvalue weighted by Gasteiger charge is -2.08. The molecule has 0 bridgehead atoms. The number of urea groups is 1. The molecule has 0 saturated carbocycles. The molecular weight excluding hydrogens is 240 g/mol. The van der Waals surface area contributed by atoms with Crippen LogP contribution in [0.3, 0.4) is 0 Å². The first-order chi connectivity index (χ1) is 9.24. The van der Waals surface area contributed by atoms with Crippen molar-refractivity contribution in [2.24, 2.45) is 0 Å². The smallest absolute Gasteiger partial charge is 0.319 e. The molecule has 0 radical (unpaired) electrons. The number of carbonyl (C=O) groups excluding carboxylic acids is 1. The van der Waals surface area contributed by atoms with Crippen molar-refractivity contribution in [3.8, 4) is 5.75 Å². The number of rotatable bonds is 8. The monoisotopic (exact) mass is 264 g/mol. The Labute approximate surface area is 115 Å². The van der Waals surface area contributed by atoms with Gasteiger partial charge >= 0.3 is 6.03 Å². The molecule has 0 fully saturated rings. The standard InChI is InChI=1S/C15H24N2O2/c1-2-3-4-5-6-9-12-16-15(19)17-13-10-7-8-11-14(13)18/h7-8,10-11,18H,2-6,9,12H2,1H3,(H2,16,17,19). The van der Waals surface area contributed by atoms with E-state index in [0.29, 0.717) is 12.2 Å². The maximum absolute atomic E-state index is 11.6. The predicted molar refractivity (Wildman–Crippen MR) is 78.5 cm³/mol. The van der Waals surface area contributed by atoms with Crippen molar-refractivity contribution in [2.45, 2.75) is 45.4 Å². The highest BCUT2D eigenvalue weighted by Gasteiger charge is 2.03. The van der Waals surface area contributed by atoms with Crippen LogP contribution in [-0.2, 0) is 0 Å². The number of phenolic OH excluding ortho intramolecular Hbond substituents is 1. The van der Waals surface area contributed by atoms with Crippen molar-refractivity contribution in [3.63, 3.8) is 0 Å². The highest BCUT2D eigenvalue weighted by Crippen LogP contribution is 2.20. The van der Waals surface area contributed by atoms with Crippen LogP contribution in [0.1, 0.15) is 45.4 Å². The van der Waals surface area contributed by atoms with Crippen LogP contribution < -0.4 is 10.6 Å². The van der Waals surface area contributed by atoms with E-state index in [1.807, 2.05) is 0 Å². The molecule has 19 heavy (non-hydrogen) atoms. The summed E-state index contributed by atoms with van der Waals surface area (Å²) < 4.78 is 0. The van der Waals surface area contributed by atoms with Crippen molar-refractivity contribution >= 4 is 11.7 Å². The number of aromatic hydroxyl groups is 1. The summed E-state index contributed by atoms with van der Waals surface area (Å²) in [6, 6.07) is 6.43. The van der Waals surface area contributed by atoms with Gasteiger partial charge in [0, 0.05) is 6.54 Å². The third-order valence-electron chi connectivity index (χ3n) is 2.97. The van der Waals surface area contributed by atoms with Crippen molar-refractivity contribution in [1.82, 2.24) is 5.32 Å². The molecule has 0 spiro atoms. The van der Waals surface area contributed by atoms with Gasteiger partial charge in [0.25, 0.3) is 0 Å². The van der Waals surface area contributed by atoms with E-state index in [4.69, 9.17) is 0 Å². The number of phenols is 1. The lowest BCUT2D eigenvalue weighted by Crippen LogP contribution is -2.29. The molecule has 0 heterocycles. The second-order valence-electron chi connectivity index (χ2n) is 4.67. The number of anilines is 1. The van der Waals surface area contributed by atoms with Crippen molar-refractivity contribution in [2.75, 3.05) is 11.9 Å². The Balaban J connectivity index is 2.10. The fourth-order valence-electron chi connectivity index (χ4n) is 1.85. The molecule has 0 unspecified atom stereocenters. The molecule has 0 aliphatic rings. The summed E-state index contributed by atoms with van der Waals surface area (Å²) in [4.78, 5) is 11.6. The molecule has 0 aromatic heterocycles. The fraction of sp³-hybridized carbons (Fsp3) is 0.533. The zero-order valence-corrected chi connectivity index (χ0v) is 11.6. The van der Waals surface area contributed by atoms with Gasteiger partial charge < -0.3 is 15.7 Å². The Morgan fingerprint density at radius 2 is 1.79 bits per heavy atom. The minimum atomic E-state index is -0.268. The van der Waals surface area contributed by atoms with E-state index in [9.17, 15) is 9.90 Å². The van der Waals surface area contributed by atoms with Crippen LogP contribution in [0.25, 0.3) is 0 Å². The van der Waals surface area contributed by atoms with Crippen molar-refractivity contribution < 1.29 is 9.90 Å². The van der Waals surface area contributed by atoms with E-state index in [1.54, 1.807) is 24.3 Å². The summed E-state index contributed by atoms with van der Waals surface area (Å²) in [5.41, 5.74) is 0.433. The molecule has 2 amide bonds. The Morgan fingerprint density at radius 3 is 2.53 bits per heavy atom. The van der Waals surface area contributed by atoms with Gasteiger partial charge in [-0.1, -0.05) is 51.2 Å². The molecule has 1 rings (SSSR count). The van der Waals surface area contributed by atoms with Crippen LogP contribution in [0.5, 0.6) is 5.75 Å². The quantitative estimate of drug-likeness (QED) is 0.493. The summed E-state index contributed by atoms with van der Waals surface area (Å²) in [7, 11) is 0. The average Bonchev–Trinajstić information content (AvgIpc) is 2.40. The van der Waals surface area contributed by atoms with Gasteiger partial charge in [-0.25, -0.2) is 4.79 Å². The predicted octanol–water partition coefficient (Wildman–Crippen LogP) is 3.87. The Bertz CT molecular complexity index is 380. The van der Waals surface area contributed by atoms with Gasteiger partial charge in [0.2, 0.25) is 0 Å². The molecule has 0 aliphatic heterocycles. The second kappa shape index (κ2) is 9.25. The van der Waals surface area contributed by atoms with Gasteiger partial charge in [0.15, 0.2) is 0 Å². The molecule has 1 aromatic rings. The molecule has 4 heteroatoms. The van der Waals surface area contributed by atoms with E-state index in [2.05, 4.69) is 17.6 Å². The molecule has 106 valence electrons. The molecular formula is C15H24N2O2. The highest BCUT2D eigenvalue weighted by atomic mass is 16.3. The van der Waals surface area contributed by atoms with Crippen LogP contribution in [0.2, 0.25) is 0 Å². The first-order valence-electron chi connectivity index (χ1n) is 7.07. The van der Waals surface area contributed by atoms with Crippen molar-refractivity contribution in [3.05, 3.63) is 24.3 Å². The minimum absolute atomic E-state index is 0.0808. The lowest BCUT2D eigenvalue weighted by atomic mass is 10.1. The number of nitrogens with one attached hydrogen (secondary N) is 2. The Morgan fingerprint density at radius 1 is 1.11 bits per heavy atom. The number of unbranched alkanes of at least 4 members (excludes halogenated alkanes) is 5. The van der Waals surface area contributed by atoms with Gasteiger partial charge in [-0.15, -0.1) is 0 Å². The van der Waals surface area contributed by atoms with Gasteiger partial charge in [-0.3, -0.25) is 0 Å². The normalized spacial score (nSPS) is 10.2. The molecule has 4 nitrogen and oxygen atoms in total. The van der Waals surface area contributed by atoms with Crippen LogP contribution in [0, 0.1) is 0 Å². The van der Waals surface area contributed by atoms with Crippen LogP contribution in [0.4, 0.5) is 10.5 Å². The first-order valence-corrected chi connectivity index (χ1v) is 7.07. The third kappa shape index (κ3) is 6.70. The van der Waals surface area contributed by atoms with Crippen LogP contribution >= 0.6 is 0 Å². The summed E-state index contributed by atoms with van der Waals surface area (Å²) in [5, 5.41) is 14.9. The Kier molecular flexibility index (Phi) is 7.47. The maximum Gasteiger partial charge on any atom is 0.319 e. The van der Waals surface area contributed by atoms with E-state index in [-0.39, 0.29) is 11.8 Å². The largest absolute Gasteiger partial charge is 0.506 e. The SMILES string of the molecule is CCCCCCCCNC(=O)Nc1ccccc1O. The van der Waals surface area contributed by atoms with Gasteiger partial charge in [-0.05, 0) is 18.6 Å². The number of carbonyl (C=O) groups is 1. The summed E-state index contributed by atoms with van der Waals surface area (Å²) in [6.07, 6.45) is 7.20. The van der Waals surface area contributed by atoms with Gasteiger partial charge in [-0.2, -0.15) is 0 Å². The average molecular weight is 264 g/mol. The number of para-hydroxylation sites is 2. The third-order valence-corrected chi connectivity index (χ3v) is 2.97. The second-order valence-corrected chi connectivity index (χ2v) is 4.67. The van der Waals surface area contributed by atoms with Gasteiger partial charge in [0.1, 0.15) is 5.75 Å². The number of benzene rings is 1. The summed E-state index contributed by atoms with van der Waals surface area (Å²) in [6.45, 7) is 2.87. The topological polar surface area (TPSA) is 61.4 Å². The van der Waals surface area contributed by atoms with Crippen LogP contribution in [-0.4, -0.2) is 17.7 Å².